The smallest absolute Gasteiger partial charge is 0.319 e. The van der Waals surface area contributed by atoms with Crippen molar-refractivity contribution in [3.63, 3.8) is 0 Å². The molecule has 0 aromatic heterocycles. The van der Waals surface area contributed by atoms with Gasteiger partial charge in [0.1, 0.15) is 0 Å². The Bertz CT molecular complexity index is 603. The maximum absolute atomic E-state index is 12.6. The third kappa shape index (κ3) is 2.80. The molecule has 2 fully saturated rings. The predicted octanol–water partition coefficient (Wildman–Crippen LogP) is 1.08. The van der Waals surface area contributed by atoms with Gasteiger partial charge < -0.3 is 20.3 Å². The van der Waals surface area contributed by atoms with E-state index in [4.69, 9.17) is 4.74 Å². The summed E-state index contributed by atoms with van der Waals surface area (Å²) in [5.41, 5.74) is -0.676. The number of carboxylic acids is 1. The number of benzene rings is 1. The van der Waals surface area contributed by atoms with Gasteiger partial charge in [0.25, 0.3) is 0 Å². The monoisotopic (exact) mass is 333 g/mol. The summed E-state index contributed by atoms with van der Waals surface area (Å²) < 4.78 is 5.20. The Morgan fingerprint density at radius 2 is 1.79 bits per heavy atom. The van der Waals surface area contributed by atoms with Crippen LogP contribution in [0.3, 0.4) is 0 Å². The Morgan fingerprint density at radius 3 is 2.33 bits per heavy atom. The molecule has 1 aromatic carbocycles. The van der Waals surface area contributed by atoms with E-state index in [0.717, 1.165) is 5.56 Å². The van der Waals surface area contributed by atoms with Crippen molar-refractivity contribution < 1.29 is 24.5 Å². The number of hydrogen-bond acceptors (Lipinski definition) is 4. The van der Waals surface area contributed by atoms with Gasteiger partial charge in [-0.1, -0.05) is 30.3 Å². The van der Waals surface area contributed by atoms with Gasteiger partial charge in [-0.25, -0.2) is 0 Å². The molecule has 3 N–H and O–H groups in total. The van der Waals surface area contributed by atoms with Crippen LogP contribution in [0.4, 0.5) is 0 Å². The third-order valence-electron chi connectivity index (χ3n) is 5.49. The molecule has 1 saturated carbocycles. The molecule has 24 heavy (non-hydrogen) atoms. The topological polar surface area (TPSA) is 95.9 Å². The Hall–Kier alpha value is -1.92. The van der Waals surface area contributed by atoms with E-state index >= 15 is 0 Å². The highest BCUT2D eigenvalue weighted by Crippen LogP contribution is 2.44. The maximum Gasteiger partial charge on any atom is 0.319 e. The number of carboxylic acid groups (broad SMARTS) is 1. The van der Waals surface area contributed by atoms with Gasteiger partial charge in [0, 0.05) is 24.7 Å². The predicted molar refractivity (Wildman–Crippen MR) is 86.5 cm³/mol. The molecule has 130 valence electrons. The number of amides is 1. The summed E-state index contributed by atoms with van der Waals surface area (Å²) in [6.07, 6.45) is 1.63. The van der Waals surface area contributed by atoms with Crippen LogP contribution in [-0.2, 0) is 19.7 Å². The van der Waals surface area contributed by atoms with Crippen LogP contribution in [-0.4, -0.2) is 48.0 Å². The van der Waals surface area contributed by atoms with Crippen LogP contribution in [0.25, 0.3) is 0 Å². The molecule has 1 saturated heterocycles. The van der Waals surface area contributed by atoms with Crippen molar-refractivity contribution >= 4 is 11.9 Å². The van der Waals surface area contributed by atoms with E-state index in [1.54, 1.807) is 0 Å². The first kappa shape index (κ1) is 16.9. The van der Waals surface area contributed by atoms with E-state index in [9.17, 15) is 19.8 Å². The quantitative estimate of drug-likeness (QED) is 0.701. The Kier molecular flexibility index (Phi) is 4.60. The number of nitrogens with one attached hydrogen (secondary N) is 1. The Morgan fingerprint density at radius 1 is 1.17 bits per heavy atom. The zero-order chi connectivity index (χ0) is 17.2. The molecule has 0 radical (unpaired) electrons. The number of carbonyl (C=O) groups excluding carboxylic acids is 1. The molecular weight excluding hydrogens is 310 g/mol. The molecule has 1 heterocycles. The minimum absolute atomic E-state index is 0.0152. The lowest BCUT2D eigenvalue weighted by molar-refractivity contribution is -0.163. The van der Waals surface area contributed by atoms with E-state index in [1.807, 2.05) is 30.3 Å². The van der Waals surface area contributed by atoms with Crippen molar-refractivity contribution in [1.82, 2.24) is 5.32 Å². The lowest BCUT2D eigenvalue weighted by atomic mass is 9.62. The van der Waals surface area contributed by atoms with Gasteiger partial charge in [0.2, 0.25) is 5.91 Å². The molecule has 2 aliphatic rings. The first-order valence-corrected chi connectivity index (χ1v) is 8.31. The van der Waals surface area contributed by atoms with Crippen molar-refractivity contribution in [2.45, 2.75) is 37.1 Å². The van der Waals surface area contributed by atoms with Gasteiger partial charge >= 0.3 is 5.97 Å². The maximum atomic E-state index is 12.6. The van der Waals surface area contributed by atoms with Gasteiger partial charge in [0.15, 0.2) is 5.41 Å². The number of hydrogen-bond donors (Lipinski definition) is 3. The summed E-state index contributed by atoms with van der Waals surface area (Å²) in [4.78, 5) is 24.2. The van der Waals surface area contributed by atoms with Crippen molar-refractivity contribution in [3.8, 4) is 0 Å². The molecule has 1 aliphatic carbocycles. The SMILES string of the molecule is O=C(O)C1(C(=O)NC2CC(CO)(c3ccccc3)C2)CCOCC1. The second-order valence-corrected chi connectivity index (χ2v) is 6.88. The van der Waals surface area contributed by atoms with Gasteiger partial charge in [-0.05, 0) is 31.2 Å². The summed E-state index contributed by atoms with van der Waals surface area (Å²) >= 11 is 0. The lowest BCUT2D eigenvalue weighted by Crippen LogP contribution is -2.59. The second-order valence-electron chi connectivity index (χ2n) is 6.88. The van der Waals surface area contributed by atoms with Crippen LogP contribution in [0, 0.1) is 5.41 Å². The van der Waals surface area contributed by atoms with Crippen molar-refractivity contribution in [3.05, 3.63) is 35.9 Å². The fourth-order valence-corrected chi connectivity index (χ4v) is 3.81. The highest BCUT2D eigenvalue weighted by molar-refractivity contribution is 6.02. The van der Waals surface area contributed by atoms with Crippen molar-refractivity contribution in [2.75, 3.05) is 19.8 Å². The highest BCUT2D eigenvalue weighted by atomic mass is 16.5. The standard InChI is InChI=1S/C18H23NO5/c20-12-17(13-4-2-1-3-5-13)10-14(11-17)19-15(21)18(16(22)23)6-8-24-9-7-18/h1-5,14,20H,6-12H2,(H,19,21)(H,22,23). The number of rotatable bonds is 5. The summed E-state index contributed by atoms with van der Waals surface area (Å²) in [6.45, 7) is 0.589. The van der Waals surface area contributed by atoms with E-state index in [2.05, 4.69) is 5.32 Å². The zero-order valence-corrected chi connectivity index (χ0v) is 13.5. The van der Waals surface area contributed by atoms with E-state index < -0.39 is 17.3 Å². The highest BCUT2D eigenvalue weighted by Gasteiger charge is 2.51. The average Bonchev–Trinajstić information content (AvgIpc) is 2.58. The van der Waals surface area contributed by atoms with Gasteiger partial charge in [-0.15, -0.1) is 0 Å². The summed E-state index contributed by atoms with van der Waals surface area (Å²) in [5, 5.41) is 22.2. The average molecular weight is 333 g/mol. The Balaban J connectivity index is 1.66. The third-order valence-corrected chi connectivity index (χ3v) is 5.49. The number of aliphatic hydroxyl groups is 1. The molecule has 0 spiro atoms. The van der Waals surface area contributed by atoms with Crippen LogP contribution >= 0.6 is 0 Å². The zero-order valence-electron chi connectivity index (χ0n) is 13.5. The van der Waals surface area contributed by atoms with Gasteiger partial charge in [-0.3, -0.25) is 9.59 Å². The molecule has 3 rings (SSSR count). The van der Waals surface area contributed by atoms with Crippen LogP contribution in [0.15, 0.2) is 30.3 Å². The van der Waals surface area contributed by atoms with E-state index in [-0.39, 0.29) is 44.1 Å². The fourth-order valence-electron chi connectivity index (χ4n) is 3.81. The fraction of sp³-hybridized carbons (Fsp3) is 0.556. The van der Waals surface area contributed by atoms with Crippen LogP contribution in [0.5, 0.6) is 0 Å². The van der Waals surface area contributed by atoms with Crippen molar-refractivity contribution in [2.24, 2.45) is 5.41 Å². The number of ether oxygens (including phenoxy) is 1. The van der Waals surface area contributed by atoms with Gasteiger partial charge in [-0.2, -0.15) is 0 Å². The number of carbonyl (C=O) groups is 2. The van der Waals surface area contributed by atoms with Crippen molar-refractivity contribution in [1.29, 1.82) is 0 Å². The van der Waals surface area contributed by atoms with Crippen LogP contribution in [0.1, 0.15) is 31.2 Å². The summed E-state index contributed by atoms with van der Waals surface area (Å²) in [6, 6.07) is 9.63. The first-order valence-electron chi connectivity index (χ1n) is 8.31. The minimum Gasteiger partial charge on any atom is -0.480 e. The molecule has 1 aromatic rings. The number of aliphatic hydroxyl groups excluding tert-OH is 1. The first-order chi connectivity index (χ1) is 11.5. The molecule has 6 nitrogen and oxygen atoms in total. The molecule has 1 amide bonds. The molecule has 6 heteroatoms. The second kappa shape index (κ2) is 6.53. The van der Waals surface area contributed by atoms with Crippen LogP contribution < -0.4 is 5.32 Å². The summed E-state index contributed by atoms with van der Waals surface area (Å²) in [7, 11) is 0. The molecule has 0 bridgehead atoms. The largest absolute Gasteiger partial charge is 0.480 e. The summed E-state index contributed by atoms with van der Waals surface area (Å²) in [5.74, 6) is -1.51. The molecule has 1 aliphatic heterocycles. The number of aliphatic carboxylic acids is 1. The van der Waals surface area contributed by atoms with Crippen LogP contribution in [0.2, 0.25) is 0 Å². The molecule has 0 atom stereocenters. The normalized spacial score (nSPS) is 28.6. The van der Waals surface area contributed by atoms with E-state index in [1.165, 1.54) is 0 Å². The lowest BCUT2D eigenvalue weighted by Gasteiger charge is -2.48. The van der Waals surface area contributed by atoms with E-state index in [0.29, 0.717) is 12.8 Å². The minimum atomic E-state index is -1.39. The van der Waals surface area contributed by atoms with Gasteiger partial charge in [0.05, 0.1) is 6.61 Å². The molecular formula is C18H23NO5. The Labute approximate surface area is 140 Å². The molecule has 0 unspecified atom stereocenters.